The minimum absolute atomic E-state index is 0.0221. The second-order valence-corrected chi connectivity index (χ2v) is 4.25. The van der Waals surface area contributed by atoms with Gasteiger partial charge in [0, 0.05) is 6.61 Å². The molecule has 1 aromatic carbocycles. The summed E-state index contributed by atoms with van der Waals surface area (Å²) in [5.41, 5.74) is 3.16. The lowest BCUT2D eigenvalue weighted by atomic mass is 10.1. The Kier molecular flexibility index (Phi) is 5.16. The van der Waals surface area contributed by atoms with Gasteiger partial charge in [-0.1, -0.05) is 12.1 Å². The maximum absolute atomic E-state index is 10.9. The Morgan fingerprint density at radius 3 is 2.44 bits per heavy atom. The summed E-state index contributed by atoms with van der Waals surface area (Å²) in [4.78, 5) is 10.9. The average molecular weight is 252 g/mol. The van der Waals surface area contributed by atoms with Crippen molar-refractivity contribution < 1.29 is 19.4 Å². The topological polar surface area (TPSA) is 55.8 Å². The number of hydrogen-bond donors (Lipinski definition) is 1. The Bertz CT molecular complexity index is 426. The number of carboxylic acids is 1. The molecule has 4 heteroatoms. The van der Waals surface area contributed by atoms with E-state index in [-0.39, 0.29) is 6.61 Å². The van der Waals surface area contributed by atoms with E-state index in [1.807, 2.05) is 32.9 Å². The van der Waals surface area contributed by atoms with Crippen molar-refractivity contribution in [3.8, 4) is 5.75 Å². The Balaban J connectivity index is 2.79. The van der Waals surface area contributed by atoms with E-state index in [9.17, 15) is 4.79 Å². The van der Waals surface area contributed by atoms with E-state index < -0.39 is 12.1 Å². The first kappa shape index (κ1) is 14.5. The summed E-state index contributed by atoms with van der Waals surface area (Å²) in [6, 6.07) is 3.99. The van der Waals surface area contributed by atoms with Crippen molar-refractivity contribution in [2.45, 2.75) is 33.8 Å². The molecule has 4 nitrogen and oxygen atoms in total. The molecule has 18 heavy (non-hydrogen) atoms. The lowest BCUT2D eigenvalue weighted by Gasteiger charge is -2.17. The smallest absolute Gasteiger partial charge is 0.336 e. The zero-order valence-electron chi connectivity index (χ0n) is 11.3. The van der Waals surface area contributed by atoms with Gasteiger partial charge in [-0.3, -0.25) is 0 Å². The van der Waals surface area contributed by atoms with E-state index >= 15 is 0 Å². The van der Waals surface area contributed by atoms with Crippen molar-refractivity contribution >= 4 is 5.97 Å². The molecule has 0 amide bonds. The second-order valence-electron chi connectivity index (χ2n) is 4.25. The molecule has 0 aliphatic carbocycles. The second kappa shape index (κ2) is 6.40. The minimum Gasteiger partial charge on any atom is -0.490 e. The van der Waals surface area contributed by atoms with E-state index in [0.717, 1.165) is 22.4 Å². The van der Waals surface area contributed by atoms with Crippen molar-refractivity contribution in [2.75, 3.05) is 13.2 Å². The zero-order chi connectivity index (χ0) is 13.7. The Morgan fingerprint density at radius 2 is 1.89 bits per heavy atom. The first-order chi connectivity index (χ1) is 8.47. The van der Waals surface area contributed by atoms with Gasteiger partial charge in [-0.05, 0) is 44.4 Å². The molecular formula is C14H20O4. The van der Waals surface area contributed by atoms with Crippen molar-refractivity contribution in [3.63, 3.8) is 0 Å². The third kappa shape index (κ3) is 3.47. The van der Waals surface area contributed by atoms with E-state index in [1.54, 1.807) is 6.92 Å². The number of carboxylic acid groups (broad SMARTS) is 1. The van der Waals surface area contributed by atoms with Crippen LogP contribution < -0.4 is 4.74 Å². The number of ether oxygens (including phenoxy) is 2. The Labute approximate surface area is 108 Å². The lowest BCUT2D eigenvalue weighted by molar-refractivity contribution is -0.152. The molecule has 0 fully saturated rings. The first-order valence-corrected chi connectivity index (χ1v) is 6.01. The lowest BCUT2D eigenvalue weighted by Crippen LogP contribution is -2.30. The molecule has 1 N–H and O–H groups in total. The van der Waals surface area contributed by atoms with E-state index in [1.165, 1.54) is 0 Å². The number of aliphatic carboxylic acids is 1. The summed E-state index contributed by atoms with van der Waals surface area (Å²) in [6.07, 6.45) is -0.922. The predicted molar refractivity (Wildman–Crippen MR) is 69.2 cm³/mol. The number of rotatable bonds is 6. The van der Waals surface area contributed by atoms with Gasteiger partial charge in [0.1, 0.15) is 12.4 Å². The van der Waals surface area contributed by atoms with Gasteiger partial charge in [0.15, 0.2) is 6.10 Å². The van der Waals surface area contributed by atoms with E-state index in [4.69, 9.17) is 14.6 Å². The summed E-state index contributed by atoms with van der Waals surface area (Å²) >= 11 is 0. The standard InChI is InChI=1S/C14H20O4/c1-5-17-12(14(15)16)8-18-13-10(3)7-6-9(2)11(13)4/h6-7,12H,5,8H2,1-4H3,(H,15,16). The van der Waals surface area contributed by atoms with Crippen molar-refractivity contribution in [1.29, 1.82) is 0 Å². The summed E-state index contributed by atoms with van der Waals surface area (Å²) in [5.74, 6) is -0.249. The quantitative estimate of drug-likeness (QED) is 0.845. The molecule has 1 unspecified atom stereocenters. The maximum atomic E-state index is 10.9. The third-order valence-electron chi connectivity index (χ3n) is 2.90. The number of aryl methyl sites for hydroxylation is 2. The fourth-order valence-corrected chi connectivity index (χ4v) is 1.70. The highest BCUT2D eigenvalue weighted by atomic mass is 16.5. The molecule has 1 rings (SSSR count). The average Bonchev–Trinajstić information content (AvgIpc) is 2.32. The van der Waals surface area contributed by atoms with Gasteiger partial charge < -0.3 is 14.6 Å². The van der Waals surface area contributed by atoms with E-state index in [0.29, 0.717) is 6.61 Å². The maximum Gasteiger partial charge on any atom is 0.336 e. The molecule has 0 aliphatic heterocycles. The normalized spacial score (nSPS) is 12.2. The van der Waals surface area contributed by atoms with Crippen LogP contribution in [0.5, 0.6) is 5.75 Å². The van der Waals surface area contributed by atoms with Crippen LogP contribution in [0.15, 0.2) is 12.1 Å². The molecule has 0 heterocycles. The highest BCUT2D eigenvalue weighted by Crippen LogP contribution is 2.25. The van der Waals surface area contributed by atoms with Crippen LogP contribution in [0.4, 0.5) is 0 Å². The van der Waals surface area contributed by atoms with Gasteiger partial charge >= 0.3 is 5.97 Å². The molecule has 0 saturated heterocycles. The van der Waals surface area contributed by atoms with Crippen LogP contribution >= 0.6 is 0 Å². The molecular weight excluding hydrogens is 232 g/mol. The SMILES string of the molecule is CCOC(COc1c(C)ccc(C)c1C)C(=O)O. The highest BCUT2D eigenvalue weighted by molar-refractivity contribution is 5.72. The number of carbonyl (C=O) groups is 1. The molecule has 0 aromatic heterocycles. The van der Waals surface area contributed by atoms with Gasteiger partial charge in [0.25, 0.3) is 0 Å². The largest absolute Gasteiger partial charge is 0.490 e. The summed E-state index contributed by atoms with van der Waals surface area (Å²) in [5, 5.41) is 8.97. The Morgan fingerprint density at radius 1 is 1.28 bits per heavy atom. The van der Waals surface area contributed by atoms with Gasteiger partial charge in [-0.15, -0.1) is 0 Å². The van der Waals surface area contributed by atoms with Crippen LogP contribution in [0.3, 0.4) is 0 Å². The zero-order valence-corrected chi connectivity index (χ0v) is 11.3. The summed E-state index contributed by atoms with van der Waals surface area (Å²) < 4.78 is 10.7. The summed E-state index contributed by atoms with van der Waals surface area (Å²) in [7, 11) is 0. The molecule has 0 bridgehead atoms. The van der Waals surface area contributed by atoms with Crippen LogP contribution in [0.1, 0.15) is 23.6 Å². The fourth-order valence-electron chi connectivity index (χ4n) is 1.70. The van der Waals surface area contributed by atoms with Crippen LogP contribution in [-0.2, 0) is 9.53 Å². The van der Waals surface area contributed by atoms with Gasteiger partial charge in [0.05, 0.1) is 0 Å². The predicted octanol–water partition coefficient (Wildman–Crippen LogP) is 2.48. The van der Waals surface area contributed by atoms with Crippen LogP contribution in [0, 0.1) is 20.8 Å². The highest BCUT2D eigenvalue weighted by Gasteiger charge is 2.19. The summed E-state index contributed by atoms with van der Waals surface area (Å²) in [6.45, 7) is 8.05. The molecule has 1 atom stereocenters. The minimum atomic E-state index is -1.00. The van der Waals surface area contributed by atoms with E-state index in [2.05, 4.69) is 0 Å². The van der Waals surface area contributed by atoms with Crippen LogP contribution in [0.2, 0.25) is 0 Å². The third-order valence-corrected chi connectivity index (χ3v) is 2.90. The van der Waals surface area contributed by atoms with Crippen molar-refractivity contribution in [1.82, 2.24) is 0 Å². The Hall–Kier alpha value is -1.55. The van der Waals surface area contributed by atoms with Gasteiger partial charge in [0.2, 0.25) is 0 Å². The van der Waals surface area contributed by atoms with Crippen molar-refractivity contribution in [3.05, 3.63) is 28.8 Å². The molecule has 100 valence electrons. The van der Waals surface area contributed by atoms with Crippen molar-refractivity contribution in [2.24, 2.45) is 0 Å². The molecule has 1 aromatic rings. The first-order valence-electron chi connectivity index (χ1n) is 6.01. The number of hydrogen-bond acceptors (Lipinski definition) is 3. The van der Waals surface area contributed by atoms with Gasteiger partial charge in [-0.2, -0.15) is 0 Å². The molecule has 0 radical (unpaired) electrons. The number of benzene rings is 1. The van der Waals surface area contributed by atoms with Crippen LogP contribution in [-0.4, -0.2) is 30.4 Å². The van der Waals surface area contributed by atoms with Gasteiger partial charge in [-0.25, -0.2) is 4.79 Å². The van der Waals surface area contributed by atoms with Crippen LogP contribution in [0.25, 0.3) is 0 Å². The molecule has 0 aliphatic rings. The molecule has 0 spiro atoms. The fraction of sp³-hybridized carbons (Fsp3) is 0.500. The monoisotopic (exact) mass is 252 g/mol. The molecule has 0 saturated carbocycles.